The Morgan fingerprint density at radius 1 is 0.829 bits per heavy atom. The monoisotopic (exact) mass is 585 g/mol. The van der Waals surface area contributed by atoms with Crippen LogP contribution in [-0.4, -0.2) is 30.4 Å². The lowest BCUT2D eigenvalue weighted by Crippen LogP contribution is -2.38. The van der Waals surface area contributed by atoms with Crippen LogP contribution in [-0.2, 0) is 22.0 Å². The molecule has 1 aliphatic rings. The number of rotatable bonds is 8. The molecule has 218 valence electrons. The molecule has 0 atom stereocenters. The van der Waals surface area contributed by atoms with E-state index in [1.54, 1.807) is 11.0 Å². The van der Waals surface area contributed by atoms with Crippen LogP contribution in [0.15, 0.2) is 78.5 Å². The number of halogens is 8. The van der Waals surface area contributed by atoms with Gasteiger partial charge >= 0.3 is 12.4 Å². The van der Waals surface area contributed by atoms with Gasteiger partial charge in [0.05, 0.1) is 17.7 Å². The summed E-state index contributed by atoms with van der Waals surface area (Å²) in [5, 5.41) is 2.11. The number of nitrogens with one attached hydrogen (secondary N) is 2. The van der Waals surface area contributed by atoms with Crippen LogP contribution >= 0.6 is 0 Å². The molecule has 1 heterocycles. The van der Waals surface area contributed by atoms with Gasteiger partial charge in [-0.15, -0.1) is 0 Å². The van der Waals surface area contributed by atoms with E-state index < -0.39 is 52.8 Å². The first-order valence-corrected chi connectivity index (χ1v) is 12.2. The Morgan fingerprint density at radius 3 is 1.78 bits per heavy atom. The lowest BCUT2D eigenvalue weighted by molar-refractivity contribution is -0.143. The summed E-state index contributed by atoms with van der Waals surface area (Å²) in [4.78, 5) is 19.9. The molecule has 3 aromatic rings. The van der Waals surface area contributed by atoms with E-state index in [1.165, 1.54) is 48.5 Å². The molecular formula is C28H23F8N3O2. The Bertz CT molecular complexity index is 1310. The molecule has 0 fully saturated rings. The fourth-order valence-corrected chi connectivity index (χ4v) is 4.12. The van der Waals surface area contributed by atoms with Gasteiger partial charge < -0.3 is 5.32 Å². The molecule has 41 heavy (non-hydrogen) atoms. The Hall–Kier alpha value is -3.97. The molecular weight excluding hydrogens is 562 g/mol. The smallest absolute Gasteiger partial charge is 0.325 e. The highest BCUT2D eigenvalue weighted by molar-refractivity contribution is 5.92. The minimum atomic E-state index is -5.03. The molecule has 0 aliphatic carbocycles. The molecule has 0 bridgehead atoms. The Balaban J connectivity index is 1.37. The maximum atomic E-state index is 13.4. The van der Waals surface area contributed by atoms with E-state index >= 15 is 0 Å². The molecule has 3 aromatic carbocycles. The molecule has 0 spiro atoms. The van der Waals surface area contributed by atoms with Gasteiger partial charge in [0, 0.05) is 30.9 Å². The minimum Gasteiger partial charge on any atom is -0.325 e. The summed E-state index contributed by atoms with van der Waals surface area (Å²) >= 11 is 0. The first-order valence-electron chi connectivity index (χ1n) is 12.2. The Morgan fingerprint density at radius 2 is 1.34 bits per heavy atom. The van der Waals surface area contributed by atoms with Crippen molar-refractivity contribution in [2.45, 2.75) is 24.9 Å². The standard InChI is InChI=1S/C28H23F8N3O2/c29-21-5-1-17(2-6-21)26(18-3-7-22(30)8-4-18)41-38-23-9-11-39(12-10-23)16-25(40)37-24-14-19(27(31,32)33)13-20(15-24)28(34,35)36/h1-9,13-15,26,38H,10-12,16H2,(H,37,40). The summed E-state index contributed by atoms with van der Waals surface area (Å²) in [7, 11) is 0. The first kappa shape index (κ1) is 30.0. The molecule has 0 saturated heterocycles. The summed E-state index contributed by atoms with van der Waals surface area (Å²) in [5.41, 5.74) is 1.00. The average Bonchev–Trinajstić information content (AvgIpc) is 2.90. The van der Waals surface area contributed by atoms with Crippen molar-refractivity contribution in [3.63, 3.8) is 0 Å². The number of anilines is 1. The summed E-state index contributed by atoms with van der Waals surface area (Å²) < 4.78 is 105. The number of hydrogen-bond donors (Lipinski definition) is 2. The average molecular weight is 585 g/mol. The number of nitrogens with zero attached hydrogens (tertiary/aromatic N) is 1. The number of amides is 1. The zero-order valence-electron chi connectivity index (χ0n) is 21.1. The topological polar surface area (TPSA) is 53.6 Å². The number of hydroxylamine groups is 1. The number of alkyl halides is 6. The van der Waals surface area contributed by atoms with Crippen LogP contribution in [0.4, 0.5) is 40.8 Å². The van der Waals surface area contributed by atoms with Crippen LogP contribution in [0, 0.1) is 11.6 Å². The maximum absolute atomic E-state index is 13.4. The van der Waals surface area contributed by atoms with Gasteiger partial charge in [-0.1, -0.05) is 24.3 Å². The van der Waals surface area contributed by atoms with Crippen molar-refractivity contribution in [1.82, 2.24) is 10.4 Å². The number of hydrogen-bond acceptors (Lipinski definition) is 4. The second-order valence-corrected chi connectivity index (χ2v) is 9.26. The van der Waals surface area contributed by atoms with Crippen LogP contribution in [0.25, 0.3) is 0 Å². The van der Waals surface area contributed by atoms with Crippen molar-refractivity contribution in [1.29, 1.82) is 0 Å². The molecule has 1 aliphatic heterocycles. The van der Waals surface area contributed by atoms with Gasteiger partial charge in [0.1, 0.15) is 17.7 Å². The lowest BCUT2D eigenvalue weighted by atomic mass is 10.0. The third-order valence-corrected chi connectivity index (χ3v) is 6.19. The second kappa shape index (κ2) is 12.3. The van der Waals surface area contributed by atoms with Crippen LogP contribution < -0.4 is 10.8 Å². The first-order chi connectivity index (χ1) is 19.3. The van der Waals surface area contributed by atoms with Crippen LogP contribution in [0.3, 0.4) is 0 Å². The lowest BCUT2D eigenvalue weighted by Gasteiger charge is -2.27. The number of carbonyl (C=O) groups is 1. The van der Waals surface area contributed by atoms with E-state index in [-0.39, 0.29) is 19.2 Å². The van der Waals surface area contributed by atoms with Gasteiger partial charge in [0.15, 0.2) is 0 Å². The van der Waals surface area contributed by atoms with E-state index in [2.05, 4.69) is 10.8 Å². The highest BCUT2D eigenvalue weighted by Gasteiger charge is 2.37. The van der Waals surface area contributed by atoms with E-state index in [0.29, 0.717) is 41.9 Å². The fourth-order valence-electron chi connectivity index (χ4n) is 4.12. The molecule has 13 heteroatoms. The summed E-state index contributed by atoms with van der Waals surface area (Å²) in [6, 6.07) is 12.1. The van der Waals surface area contributed by atoms with Gasteiger partial charge in [-0.25, -0.2) is 8.78 Å². The zero-order valence-corrected chi connectivity index (χ0v) is 21.1. The van der Waals surface area contributed by atoms with Crippen molar-refractivity contribution < 1.29 is 44.8 Å². The quantitative estimate of drug-likeness (QED) is 0.225. The minimum absolute atomic E-state index is 0.0155. The number of carbonyl (C=O) groups excluding carboxylic acids is 1. The maximum Gasteiger partial charge on any atom is 0.416 e. The van der Waals surface area contributed by atoms with Gasteiger partial charge in [0.25, 0.3) is 0 Å². The predicted octanol–water partition coefficient (Wildman–Crippen LogP) is 6.84. The summed E-state index contributed by atoms with van der Waals surface area (Å²) in [6.07, 6.45) is -8.70. The molecule has 1 amide bonds. The molecule has 0 saturated carbocycles. The van der Waals surface area contributed by atoms with Crippen molar-refractivity contribution in [3.05, 3.63) is 112 Å². The molecule has 2 N–H and O–H groups in total. The highest BCUT2D eigenvalue weighted by atomic mass is 19.4. The van der Waals surface area contributed by atoms with Crippen molar-refractivity contribution >= 4 is 11.6 Å². The number of benzene rings is 3. The summed E-state index contributed by atoms with van der Waals surface area (Å²) in [6.45, 7) is 0.271. The second-order valence-electron chi connectivity index (χ2n) is 9.26. The molecule has 0 radical (unpaired) electrons. The summed E-state index contributed by atoms with van der Waals surface area (Å²) in [5.74, 6) is -1.66. The van der Waals surface area contributed by atoms with Crippen LogP contribution in [0.1, 0.15) is 34.8 Å². The highest BCUT2D eigenvalue weighted by Crippen LogP contribution is 2.37. The SMILES string of the molecule is O=C(CN1CC=C(NOC(c2ccc(F)cc2)c2ccc(F)cc2)CC1)Nc1cc(C(F)(F)F)cc(C(F)(F)F)c1. The molecule has 4 rings (SSSR count). The Kier molecular flexibility index (Phi) is 8.98. The van der Waals surface area contributed by atoms with E-state index in [4.69, 9.17) is 4.84 Å². The third kappa shape index (κ3) is 8.27. The third-order valence-electron chi connectivity index (χ3n) is 6.19. The van der Waals surface area contributed by atoms with Crippen LogP contribution in [0.5, 0.6) is 0 Å². The van der Waals surface area contributed by atoms with Crippen LogP contribution in [0.2, 0.25) is 0 Å². The molecule has 0 unspecified atom stereocenters. The molecule has 5 nitrogen and oxygen atoms in total. The fraction of sp³-hybridized carbons (Fsp3) is 0.250. The predicted molar refractivity (Wildman–Crippen MR) is 133 cm³/mol. The van der Waals surface area contributed by atoms with Crippen molar-refractivity contribution in [3.8, 4) is 0 Å². The van der Waals surface area contributed by atoms with Gasteiger partial charge in [-0.05, 0) is 59.7 Å². The largest absolute Gasteiger partial charge is 0.416 e. The van der Waals surface area contributed by atoms with E-state index in [9.17, 15) is 39.9 Å². The van der Waals surface area contributed by atoms with Gasteiger partial charge in [0.2, 0.25) is 5.91 Å². The van der Waals surface area contributed by atoms with Crippen molar-refractivity contribution in [2.75, 3.05) is 25.0 Å². The van der Waals surface area contributed by atoms with Gasteiger partial charge in [-0.3, -0.25) is 20.0 Å². The van der Waals surface area contributed by atoms with Gasteiger partial charge in [-0.2, -0.15) is 26.3 Å². The normalized spacial score (nSPS) is 14.6. The Labute approximate surface area is 229 Å². The molecule has 0 aromatic heterocycles. The van der Waals surface area contributed by atoms with Crippen molar-refractivity contribution in [2.24, 2.45) is 0 Å². The van der Waals surface area contributed by atoms with E-state index in [0.717, 1.165) is 0 Å². The zero-order chi connectivity index (χ0) is 29.8. The van der Waals surface area contributed by atoms with E-state index in [1.807, 2.05) is 0 Å².